The summed E-state index contributed by atoms with van der Waals surface area (Å²) in [5, 5.41) is 7.07. The zero-order chi connectivity index (χ0) is 15.7. The molecule has 6 heteroatoms. The summed E-state index contributed by atoms with van der Waals surface area (Å²) >= 11 is 0. The summed E-state index contributed by atoms with van der Waals surface area (Å²) in [4.78, 5) is 2.02. The Labute approximate surface area is 126 Å². The molecule has 2 heterocycles. The van der Waals surface area contributed by atoms with Crippen molar-refractivity contribution in [2.24, 2.45) is 0 Å². The second-order valence-electron chi connectivity index (χ2n) is 5.51. The van der Waals surface area contributed by atoms with E-state index in [0.29, 0.717) is 11.7 Å². The molecular formula is C16H16F3N3. The van der Waals surface area contributed by atoms with E-state index >= 15 is 0 Å². The minimum Gasteiger partial charge on any atom is -0.352 e. The number of aromatic nitrogens is 2. The van der Waals surface area contributed by atoms with Crippen LogP contribution in [0.5, 0.6) is 0 Å². The first-order valence-corrected chi connectivity index (χ1v) is 7.19. The summed E-state index contributed by atoms with van der Waals surface area (Å²) in [5.41, 5.74) is 0.292. The van der Waals surface area contributed by atoms with Crippen LogP contribution in [0.15, 0.2) is 42.5 Å². The second kappa shape index (κ2) is 5.59. The Kier molecular flexibility index (Phi) is 3.76. The fourth-order valence-corrected chi connectivity index (χ4v) is 3.04. The van der Waals surface area contributed by atoms with Gasteiger partial charge >= 0.3 is 6.18 Å². The van der Waals surface area contributed by atoms with Gasteiger partial charge in [0.1, 0.15) is 0 Å². The predicted molar refractivity (Wildman–Crippen MR) is 77.6 cm³/mol. The lowest BCUT2D eigenvalue weighted by Gasteiger charge is -2.25. The van der Waals surface area contributed by atoms with Gasteiger partial charge in [-0.25, -0.2) is 0 Å². The molecule has 0 radical (unpaired) electrons. The first kappa shape index (κ1) is 14.8. The van der Waals surface area contributed by atoms with Gasteiger partial charge in [0.25, 0.3) is 0 Å². The average molecular weight is 307 g/mol. The van der Waals surface area contributed by atoms with Crippen molar-refractivity contribution >= 4 is 5.82 Å². The molecule has 22 heavy (non-hydrogen) atoms. The molecule has 1 aromatic heterocycles. The molecule has 2 aromatic rings. The van der Waals surface area contributed by atoms with Crippen molar-refractivity contribution in [1.29, 1.82) is 0 Å². The quantitative estimate of drug-likeness (QED) is 0.843. The van der Waals surface area contributed by atoms with E-state index in [1.165, 1.54) is 11.6 Å². The number of rotatable bonds is 2. The minimum atomic E-state index is -4.45. The van der Waals surface area contributed by atoms with E-state index in [4.69, 9.17) is 0 Å². The summed E-state index contributed by atoms with van der Waals surface area (Å²) in [7, 11) is 0. The zero-order valence-electron chi connectivity index (χ0n) is 12.1. The van der Waals surface area contributed by atoms with Gasteiger partial charge in [-0.05, 0) is 31.0 Å². The van der Waals surface area contributed by atoms with Gasteiger partial charge in [-0.3, -0.25) is 0 Å². The highest BCUT2D eigenvalue weighted by atomic mass is 19.4. The zero-order valence-corrected chi connectivity index (χ0v) is 12.1. The Morgan fingerprint density at radius 1 is 1.05 bits per heavy atom. The van der Waals surface area contributed by atoms with Crippen LogP contribution in [0.3, 0.4) is 0 Å². The van der Waals surface area contributed by atoms with Crippen LogP contribution in [0, 0.1) is 0 Å². The van der Waals surface area contributed by atoms with Crippen LogP contribution in [-0.4, -0.2) is 22.8 Å². The van der Waals surface area contributed by atoms with E-state index in [1.54, 1.807) is 0 Å². The molecule has 2 atom stereocenters. The molecule has 1 aliphatic rings. The largest absolute Gasteiger partial charge is 0.435 e. The van der Waals surface area contributed by atoms with Gasteiger partial charge < -0.3 is 4.90 Å². The van der Waals surface area contributed by atoms with Crippen molar-refractivity contribution in [3.63, 3.8) is 0 Å². The molecule has 0 N–H and O–H groups in total. The summed E-state index contributed by atoms with van der Waals surface area (Å²) in [6.07, 6.45) is -3.50. The number of hydrogen-bond donors (Lipinski definition) is 0. The SMILES string of the molecule is CC1C(c2ccccc2)CCN1c1ccc(C(F)(F)F)nn1. The number of nitrogens with zero attached hydrogens (tertiary/aromatic N) is 3. The highest BCUT2D eigenvalue weighted by Gasteiger charge is 2.35. The summed E-state index contributed by atoms with van der Waals surface area (Å²) in [5.74, 6) is 0.851. The number of hydrogen-bond acceptors (Lipinski definition) is 3. The molecule has 1 aliphatic heterocycles. The fraction of sp³-hybridized carbons (Fsp3) is 0.375. The van der Waals surface area contributed by atoms with E-state index in [0.717, 1.165) is 19.0 Å². The average Bonchev–Trinajstić information content (AvgIpc) is 2.89. The molecule has 3 nitrogen and oxygen atoms in total. The molecule has 2 unspecified atom stereocenters. The molecule has 0 amide bonds. The van der Waals surface area contributed by atoms with Crippen molar-refractivity contribution in [2.75, 3.05) is 11.4 Å². The Morgan fingerprint density at radius 2 is 1.77 bits per heavy atom. The number of benzene rings is 1. The number of halogens is 3. The molecular weight excluding hydrogens is 291 g/mol. The first-order chi connectivity index (χ1) is 10.5. The molecule has 0 bridgehead atoms. The molecule has 0 saturated carbocycles. The van der Waals surface area contributed by atoms with Gasteiger partial charge in [-0.2, -0.15) is 13.2 Å². The van der Waals surface area contributed by atoms with E-state index < -0.39 is 11.9 Å². The van der Waals surface area contributed by atoms with Crippen LogP contribution in [0.4, 0.5) is 19.0 Å². The summed E-state index contributed by atoms with van der Waals surface area (Å²) in [6, 6.07) is 12.7. The topological polar surface area (TPSA) is 29.0 Å². The highest BCUT2D eigenvalue weighted by molar-refractivity contribution is 5.43. The maximum absolute atomic E-state index is 12.5. The summed E-state index contributed by atoms with van der Waals surface area (Å²) in [6.45, 7) is 2.84. The van der Waals surface area contributed by atoms with E-state index in [2.05, 4.69) is 29.3 Å². The number of anilines is 1. The lowest BCUT2D eigenvalue weighted by atomic mass is 9.93. The van der Waals surface area contributed by atoms with Crippen molar-refractivity contribution < 1.29 is 13.2 Å². The van der Waals surface area contributed by atoms with Crippen molar-refractivity contribution in [3.05, 3.63) is 53.7 Å². The lowest BCUT2D eigenvalue weighted by molar-refractivity contribution is -0.141. The lowest BCUT2D eigenvalue weighted by Crippen LogP contribution is -2.30. The molecule has 1 aromatic carbocycles. The third-order valence-corrected chi connectivity index (χ3v) is 4.22. The molecule has 0 spiro atoms. The van der Waals surface area contributed by atoms with E-state index in [-0.39, 0.29) is 6.04 Å². The first-order valence-electron chi connectivity index (χ1n) is 7.19. The van der Waals surface area contributed by atoms with E-state index in [1.807, 2.05) is 23.1 Å². The smallest absolute Gasteiger partial charge is 0.352 e. The Balaban J connectivity index is 1.79. The van der Waals surface area contributed by atoms with Gasteiger partial charge in [0.2, 0.25) is 0 Å². The monoisotopic (exact) mass is 307 g/mol. The molecule has 1 fully saturated rings. The van der Waals surface area contributed by atoms with Gasteiger partial charge in [-0.15, -0.1) is 10.2 Å². The van der Waals surface area contributed by atoms with Gasteiger partial charge in [0.15, 0.2) is 11.5 Å². The maximum atomic E-state index is 12.5. The molecule has 3 rings (SSSR count). The molecule has 116 valence electrons. The standard InChI is InChI=1S/C16H16F3N3/c1-11-13(12-5-3-2-4-6-12)9-10-22(11)15-8-7-14(20-21-15)16(17,18)19/h2-8,11,13H,9-10H2,1H3. The van der Waals surface area contributed by atoms with Crippen LogP contribution in [-0.2, 0) is 6.18 Å². The van der Waals surface area contributed by atoms with Crippen LogP contribution < -0.4 is 4.90 Å². The Morgan fingerprint density at radius 3 is 2.36 bits per heavy atom. The van der Waals surface area contributed by atoms with E-state index in [9.17, 15) is 13.2 Å². The predicted octanol–water partition coefficient (Wildman–Crippen LogP) is 3.88. The van der Waals surface area contributed by atoms with Crippen LogP contribution in [0.1, 0.15) is 30.5 Å². The van der Waals surface area contributed by atoms with Crippen LogP contribution in [0.25, 0.3) is 0 Å². The van der Waals surface area contributed by atoms with Gasteiger partial charge in [0, 0.05) is 18.5 Å². The van der Waals surface area contributed by atoms with Gasteiger partial charge in [0.05, 0.1) is 0 Å². The number of alkyl halides is 3. The maximum Gasteiger partial charge on any atom is 0.435 e. The van der Waals surface area contributed by atoms with Crippen molar-refractivity contribution in [2.45, 2.75) is 31.5 Å². The third-order valence-electron chi connectivity index (χ3n) is 4.22. The third kappa shape index (κ3) is 2.77. The Hall–Kier alpha value is -2.11. The fourth-order valence-electron chi connectivity index (χ4n) is 3.04. The van der Waals surface area contributed by atoms with Crippen molar-refractivity contribution in [3.8, 4) is 0 Å². The molecule has 1 saturated heterocycles. The Bertz CT molecular complexity index is 625. The minimum absolute atomic E-state index is 0.174. The highest BCUT2D eigenvalue weighted by Crippen LogP contribution is 2.36. The molecule has 0 aliphatic carbocycles. The normalized spacial score (nSPS) is 22.1. The van der Waals surface area contributed by atoms with Crippen LogP contribution in [0.2, 0.25) is 0 Å². The summed E-state index contributed by atoms with van der Waals surface area (Å²) < 4.78 is 37.6. The van der Waals surface area contributed by atoms with Gasteiger partial charge in [-0.1, -0.05) is 30.3 Å². The second-order valence-corrected chi connectivity index (χ2v) is 5.51. The van der Waals surface area contributed by atoms with Crippen LogP contribution >= 0.6 is 0 Å². The van der Waals surface area contributed by atoms with Crippen molar-refractivity contribution in [1.82, 2.24) is 10.2 Å².